The van der Waals surface area contributed by atoms with Crippen molar-refractivity contribution in [2.45, 2.75) is 64.1 Å². The zero-order valence-corrected chi connectivity index (χ0v) is 22.9. The zero-order valence-electron chi connectivity index (χ0n) is 22.9. The predicted molar refractivity (Wildman–Crippen MR) is 143 cm³/mol. The van der Waals surface area contributed by atoms with Crippen molar-refractivity contribution in [2.24, 2.45) is 11.6 Å². The molecule has 1 aliphatic rings. The number of rotatable bonds is 6. The average molecular weight is 601 g/mol. The number of nitrogens with two attached hydrogens (primary N) is 2. The fourth-order valence-corrected chi connectivity index (χ4v) is 4.76. The van der Waals surface area contributed by atoms with Gasteiger partial charge >= 0.3 is 6.18 Å². The lowest BCUT2D eigenvalue weighted by molar-refractivity contribution is -0.138. The minimum atomic E-state index is -4.69. The van der Waals surface area contributed by atoms with Gasteiger partial charge in [-0.25, -0.2) is 28.1 Å². The molecule has 0 aliphatic heterocycles. The molecule has 0 saturated heterocycles. The number of pyridine rings is 1. The normalized spacial score (nSPS) is 14.7. The summed E-state index contributed by atoms with van der Waals surface area (Å²) >= 11 is 0. The van der Waals surface area contributed by atoms with Gasteiger partial charge in [0.05, 0.1) is 23.5 Å². The molecule has 1 saturated carbocycles. The first kappa shape index (κ1) is 32.6. The molecule has 1 aromatic carbocycles. The number of hydrogen-bond acceptors (Lipinski definition) is 6. The number of aryl methyl sites for hydroxylation is 1. The lowest BCUT2D eigenvalue weighted by Crippen LogP contribution is -2.34. The summed E-state index contributed by atoms with van der Waals surface area (Å²) in [4.78, 5) is 17.0. The highest BCUT2D eigenvalue weighted by Gasteiger charge is 2.34. The second-order valence-electron chi connectivity index (χ2n) is 9.94. The molecule has 0 radical (unpaired) electrons. The van der Waals surface area contributed by atoms with Crippen LogP contribution in [0.15, 0.2) is 53.1 Å². The summed E-state index contributed by atoms with van der Waals surface area (Å²) in [5.74, 6) is 4.28. The minimum absolute atomic E-state index is 0.160. The molecular formula is C28H31F7N6O. The van der Waals surface area contributed by atoms with Gasteiger partial charge in [0.2, 0.25) is 0 Å². The number of halogens is 7. The smallest absolute Gasteiger partial charge is 0.395 e. The van der Waals surface area contributed by atoms with E-state index in [1.807, 2.05) is 0 Å². The first-order chi connectivity index (χ1) is 19.7. The number of hydrazine groups is 1. The summed E-state index contributed by atoms with van der Waals surface area (Å²) in [5, 5.41) is 4.68. The molecule has 1 aliphatic carbocycles. The molecule has 4 N–H and O–H groups in total. The first-order valence-electron chi connectivity index (χ1n) is 13.0. The van der Waals surface area contributed by atoms with Crippen molar-refractivity contribution in [2.75, 3.05) is 7.05 Å². The molecule has 14 heteroatoms. The van der Waals surface area contributed by atoms with E-state index in [0.29, 0.717) is 23.4 Å². The van der Waals surface area contributed by atoms with Crippen LogP contribution in [-0.4, -0.2) is 33.2 Å². The van der Waals surface area contributed by atoms with E-state index in [0.717, 1.165) is 42.1 Å². The van der Waals surface area contributed by atoms with Gasteiger partial charge in [0.25, 0.3) is 12.0 Å². The Kier molecular flexibility index (Phi) is 10.7. The maximum absolute atomic E-state index is 13.6. The number of benzene rings is 1. The summed E-state index contributed by atoms with van der Waals surface area (Å²) < 4.78 is 92.6. The van der Waals surface area contributed by atoms with Gasteiger partial charge in [-0.2, -0.15) is 18.3 Å². The molecule has 0 atom stereocenters. The van der Waals surface area contributed by atoms with Crippen molar-refractivity contribution in [3.8, 4) is 0 Å². The van der Waals surface area contributed by atoms with E-state index < -0.39 is 59.0 Å². The summed E-state index contributed by atoms with van der Waals surface area (Å²) in [6, 6.07) is 6.75. The van der Waals surface area contributed by atoms with Crippen molar-refractivity contribution < 1.29 is 30.7 Å². The highest BCUT2D eigenvalue weighted by molar-refractivity contribution is 5.63. The molecule has 0 amide bonds. The van der Waals surface area contributed by atoms with Gasteiger partial charge in [0, 0.05) is 24.9 Å². The molecular weight excluding hydrogens is 569 g/mol. The maximum Gasteiger partial charge on any atom is 0.418 e. The maximum atomic E-state index is 13.6. The van der Waals surface area contributed by atoms with Crippen LogP contribution in [0.5, 0.6) is 0 Å². The second-order valence-corrected chi connectivity index (χ2v) is 9.94. The van der Waals surface area contributed by atoms with Crippen molar-refractivity contribution in [1.29, 1.82) is 0 Å². The van der Waals surface area contributed by atoms with Gasteiger partial charge in [-0.1, -0.05) is 19.3 Å². The lowest BCUT2D eigenvalue weighted by Gasteiger charge is -2.24. The third-order valence-electron chi connectivity index (χ3n) is 6.69. The summed E-state index contributed by atoms with van der Waals surface area (Å²) in [6.45, 7) is 1.05. The molecule has 42 heavy (non-hydrogen) atoms. The molecule has 4 rings (SSSR count). The number of hydrogen-bond donors (Lipinski definition) is 2. The predicted octanol–water partition coefficient (Wildman–Crippen LogP) is 5.72. The van der Waals surface area contributed by atoms with E-state index >= 15 is 0 Å². The molecule has 228 valence electrons. The van der Waals surface area contributed by atoms with Crippen molar-refractivity contribution in [1.82, 2.24) is 19.8 Å². The van der Waals surface area contributed by atoms with Crippen LogP contribution in [0.2, 0.25) is 0 Å². The van der Waals surface area contributed by atoms with Crippen LogP contribution in [-0.2, 0) is 12.7 Å². The molecule has 0 unspecified atom stereocenters. The van der Waals surface area contributed by atoms with E-state index in [1.54, 1.807) is 6.92 Å². The van der Waals surface area contributed by atoms with Gasteiger partial charge in [-0.05, 0) is 61.6 Å². The largest absolute Gasteiger partial charge is 0.418 e. The number of aromatic nitrogens is 3. The number of nitrogens with zero attached hydrogens (tertiary/aromatic N) is 4. The van der Waals surface area contributed by atoms with E-state index in [9.17, 15) is 35.5 Å². The summed E-state index contributed by atoms with van der Waals surface area (Å²) in [7, 11) is 1.18. The van der Waals surface area contributed by atoms with Crippen LogP contribution in [0.4, 0.5) is 30.7 Å². The lowest BCUT2D eigenvalue weighted by atomic mass is 9.84. The van der Waals surface area contributed by atoms with E-state index in [1.165, 1.54) is 31.4 Å². The Balaban J connectivity index is 0.000000458. The topological polar surface area (TPSA) is 103 Å². The molecule has 3 aromatic rings. The average Bonchev–Trinajstić information content (AvgIpc) is 2.89. The van der Waals surface area contributed by atoms with Crippen LogP contribution in [0.1, 0.15) is 66.1 Å². The Morgan fingerprint density at radius 3 is 2.24 bits per heavy atom. The van der Waals surface area contributed by atoms with Gasteiger partial charge in [0.1, 0.15) is 23.0 Å². The number of allylic oxidation sites excluding steroid dienone is 1. The van der Waals surface area contributed by atoms with Crippen LogP contribution >= 0.6 is 0 Å². The Labute approximate surface area is 237 Å². The Morgan fingerprint density at radius 2 is 1.71 bits per heavy atom. The second kappa shape index (κ2) is 13.8. The molecule has 0 bridgehead atoms. The molecule has 0 spiro atoms. The monoisotopic (exact) mass is 600 g/mol. The third-order valence-corrected chi connectivity index (χ3v) is 6.69. The van der Waals surface area contributed by atoms with Crippen molar-refractivity contribution in [3.63, 3.8) is 0 Å². The van der Waals surface area contributed by atoms with Gasteiger partial charge in [0.15, 0.2) is 0 Å². The molecule has 2 aromatic heterocycles. The van der Waals surface area contributed by atoms with Crippen molar-refractivity contribution in [3.05, 3.63) is 98.4 Å². The molecule has 2 heterocycles. The van der Waals surface area contributed by atoms with Crippen LogP contribution < -0.4 is 17.1 Å². The minimum Gasteiger partial charge on any atom is -0.395 e. The highest BCUT2D eigenvalue weighted by Crippen LogP contribution is 2.33. The Bertz CT molecular complexity index is 1400. The van der Waals surface area contributed by atoms with Crippen LogP contribution in [0.3, 0.4) is 0 Å². The van der Waals surface area contributed by atoms with E-state index in [-0.39, 0.29) is 17.2 Å². The standard InChI is InChI=1S/C21H25F5N6O.C7H6F2/c1-31(28)18(19(22)23)17(27)15-10-13(12-6-3-2-4-7-12)20(33)32(30-15)11-16-14(21(24,25)26)8-5-9-29-16;1-5-2-6(8)4-7(9)3-5/h5,8-10,12,19H,2-4,6-7,11,27-28H2,1H3;2-4H,1H3/b18-17-;. The van der Waals surface area contributed by atoms with Crippen LogP contribution in [0, 0.1) is 18.6 Å². The molecule has 1 fully saturated rings. The summed E-state index contributed by atoms with van der Waals surface area (Å²) in [5.41, 5.74) is 3.48. The SMILES string of the molecule is CN(N)/C(=C(\N)c1cc(C2CCCCC2)c(=O)n(Cc2ncccc2C(F)(F)F)n1)C(F)F.Cc1cc(F)cc(F)c1. The van der Waals surface area contributed by atoms with Crippen molar-refractivity contribution >= 4 is 5.70 Å². The number of alkyl halides is 5. The van der Waals surface area contributed by atoms with E-state index in [4.69, 9.17) is 11.6 Å². The van der Waals surface area contributed by atoms with Gasteiger partial charge in [-0.3, -0.25) is 9.78 Å². The fourth-order valence-electron chi connectivity index (χ4n) is 4.76. The third kappa shape index (κ3) is 8.30. The highest BCUT2D eigenvalue weighted by atomic mass is 19.4. The molecule has 7 nitrogen and oxygen atoms in total. The summed E-state index contributed by atoms with van der Waals surface area (Å²) in [6.07, 6.45) is -2.42. The fraction of sp³-hybridized carbons (Fsp3) is 0.393. The Hall–Kier alpha value is -3.94. The van der Waals surface area contributed by atoms with Gasteiger partial charge in [-0.15, -0.1) is 0 Å². The van der Waals surface area contributed by atoms with Crippen LogP contribution in [0.25, 0.3) is 5.70 Å². The first-order valence-corrected chi connectivity index (χ1v) is 13.0. The zero-order chi connectivity index (χ0) is 31.2. The Morgan fingerprint density at radius 1 is 1.10 bits per heavy atom. The van der Waals surface area contributed by atoms with E-state index in [2.05, 4.69) is 10.1 Å². The quantitative estimate of drug-likeness (QED) is 0.213. The van der Waals surface area contributed by atoms with Gasteiger partial charge < -0.3 is 10.7 Å².